The second-order valence-electron chi connectivity index (χ2n) is 4.86. The van der Waals surface area contributed by atoms with Gasteiger partial charge in [0.2, 0.25) is 6.41 Å². The van der Waals surface area contributed by atoms with Crippen molar-refractivity contribution in [1.82, 2.24) is 0 Å². The first-order valence-corrected chi connectivity index (χ1v) is 9.79. The van der Waals surface area contributed by atoms with Gasteiger partial charge < -0.3 is 5.32 Å². The fraction of sp³-hybridized carbons (Fsp3) is 0.0556. The highest BCUT2D eigenvalue weighted by Gasteiger charge is 2.12. The number of thioether (sulfide) groups is 1. The Labute approximate surface area is 152 Å². The van der Waals surface area contributed by atoms with Crippen molar-refractivity contribution in [1.29, 1.82) is 0 Å². The van der Waals surface area contributed by atoms with Gasteiger partial charge >= 0.3 is 0 Å². The Bertz CT molecular complexity index is 810. The van der Waals surface area contributed by atoms with Crippen LogP contribution in [0.1, 0.15) is 0 Å². The molecule has 0 aliphatic carbocycles. The lowest BCUT2D eigenvalue weighted by Crippen LogP contribution is -1.92. The lowest BCUT2D eigenvalue weighted by Gasteiger charge is -2.06. The minimum Gasteiger partial charge on any atom is -0.329 e. The lowest BCUT2D eigenvalue weighted by atomic mass is 10.0. The summed E-state index contributed by atoms with van der Waals surface area (Å²) in [5.74, 6) is 0. The summed E-state index contributed by atoms with van der Waals surface area (Å²) in [6.45, 7) is 0. The van der Waals surface area contributed by atoms with E-state index in [2.05, 4.69) is 57.8 Å². The van der Waals surface area contributed by atoms with Crippen LogP contribution < -0.4 is 5.32 Å². The Morgan fingerprint density at radius 1 is 1.04 bits per heavy atom. The van der Waals surface area contributed by atoms with E-state index in [0.29, 0.717) is 6.41 Å². The van der Waals surface area contributed by atoms with Crippen LogP contribution in [0.25, 0.3) is 21.6 Å². The lowest BCUT2D eigenvalue weighted by molar-refractivity contribution is -0.105. The van der Waals surface area contributed by atoms with Crippen LogP contribution >= 0.6 is 39.0 Å². The molecule has 0 bridgehead atoms. The van der Waals surface area contributed by atoms with Gasteiger partial charge in [-0.05, 0) is 63.6 Å². The van der Waals surface area contributed by atoms with Gasteiger partial charge in [0.15, 0.2) is 0 Å². The highest BCUT2D eigenvalue weighted by atomic mass is 79.9. The van der Waals surface area contributed by atoms with Crippen molar-refractivity contribution in [2.75, 3.05) is 11.6 Å². The van der Waals surface area contributed by atoms with Crippen LogP contribution in [0.3, 0.4) is 0 Å². The van der Waals surface area contributed by atoms with Gasteiger partial charge in [0.05, 0.1) is 3.79 Å². The molecule has 1 aromatic heterocycles. The Morgan fingerprint density at radius 3 is 2.30 bits per heavy atom. The Morgan fingerprint density at radius 2 is 1.70 bits per heavy atom. The van der Waals surface area contributed by atoms with Crippen LogP contribution in [0.2, 0.25) is 0 Å². The number of anilines is 1. The smallest absolute Gasteiger partial charge is 0.211 e. The standard InChI is InChI=1S/C18H14BrNOS2/c1-22-15-8-4-12(5-9-15)16-10-17(19)23-18(16)13-2-6-14(7-3-13)20-11-21/h2-11H,1H3,(H,20,21). The molecule has 5 heteroatoms. The molecule has 1 amide bonds. The van der Waals surface area contributed by atoms with Crippen LogP contribution in [0.4, 0.5) is 5.69 Å². The van der Waals surface area contributed by atoms with E-state index in [9.17, 15) is 4.79 Å². The Kier molecular flexibility index (Phi) is 5.20. The molecule has 0 aliphatic heterocycles. The number of benzene rings is 2. The van der Waals surface area contributed by atoms with Crippen molar-refractivity contribution in [2.45, 2.75) is 4.90 Å². The van der Waals surface area contributed by atoms with Crippen molar-refractivity contribution in [3.05, 3.63) is 58.4 Å². The van der Waals surface area contributed by atoms with Crippen LogP contribution in [-0.2, 0) is 4.79 Å². The number of hydrogen-bond acceptors (Lipinski definition) is 3. The molecule has 0 unspecified atom stereocenters. The van der Waals surface area contributed by atoms with Crippen molar-refractivity contribution in [3.63, 3.8) is 0 Å². The van der Waals surface area contributed by atoms with Crippen LogP contribution in [0.15, 0.2) is 63.3 Å². The molecule has 23 heavy (non-hydrogen) atoms. The van der Waals surface area contributed by atoms with E-state index in [-0.39, 0.29) is 0 Å². The van der Waals surface area contributed by atoms with E-state index in [1.807, 2.05) is 24.3 Å². The van der Waals surface area contributed by atoms with Gasteiger partial charge in [0, 0.05) is 21.0 Å². The molecular formula is C18H14BrNOS2. The first-order valence-electron chi connectivity index (χ1n) is 6.95. The maximum Gasteiger partial charge on any atom is 0.211 e. The molecule has 0 spiro atoms. The van der Waals surface area contributed by atoms with E-state index in [4.69, 9.17) is 0 Å². The van der Waals surface area contributed by atoms with Gasteiger partial charge in [-0.3, -0.25) is 4.79 Å². The van der Waals surface area contributed by atoms with Crippen LogP contribution in [0, 0.1) is 0 Å². The summed E-state index contributed by atoms with van der Waals surface area (Å²) < 4.78 is 1.10. The second-order valence-corrected chi connectivity index (χ2v) is 8.17. The van der Waals surface area contributed by atoms with Gasteiger partial charge in [-0.2, -0.15) is 0 Å². The molecule has 0 saturated carbocycles. The third-order valence-corrected chi connectivity index (χ3v) is 5.91. The summed E-state index contributed by atoms with van der Waals surface area (Å²) >= 11 is 7.06. The molecule has 0 atom stereocenters. The van der Waals surface area contributed by atoms with Crippen molar-refractivity contribution in [2.24, 2.45) is 0 Å². The molecule has 2 aromatic carbocycles. The minimum absolute atomic E-state index is 0.690. The molecule has 2 nitrogen and oxygen atoms in total. The molecule has 0 saturated heterocycles. The summed E-state index contributed by atoms with van der Waals surface area (Å²) in [6, 6.07) is 18.7. The topological polar surface area (TPSA) is 29.1 Å². The van der Waals surface area contributed by atoms with Gasteiger partial charge in [0.1, 0.15) is 0 Å². The zero-order valence-electron chi connectivity index (χ0n) is 12.4. The zero-order valence-corrected chi connectivity index (χ0v) is 15.6. The summed E-state index contributed by atoms with van der Waals surface area (Å²) in [4.78, 5) is 13.0. The fourth-order valence-corrected chi connectivity index (χ4v) is 4.38. The van der Waals surface area contributed by atoms with Crippen molar-refractivity contribution in [3.8, 4) is 21.6 Å². The molecule has 0 aliphatic rings. The Balaban J connectivity index is 2.00. The minimum atomic E-state index is 0.690. The van der Waals surface area contributed by atoms with E-state index >= 15 is 0 Å². The normalized spacial score (nSPS) is 10.5. The average molecular weight is 404 g/mol. The molecule has 1 heterocycles. The van der Waals surface area contributed by atoms with Crippen LogP contribution in [-0.4, -0.2) is 12.7 Å². The van der Waals surface area contributed by atoms with E-state index in [0.717, 1.165) is 15.0 Å². The molecule has 1 N–H and O–H groups in total. The first-order chi connectivity index (χ1) is 11.2. The van der Waals surface area contributed by atoms with E-state index < -0.39 is 0 Å². The molecule has 3 rings (SSSR count). The fourth-order valence-electron chi connectivity index (χ4n) is 2.35. The molecular weight excluding hydrogens is 390 g/mol. The number of rotatable bonds is 5. The van der Waals surface area contributed by atoms with Gasteiger partial charge in [-0.1, -0.05) is 24.3 Å². The van der Waals surface area contributed by atoms with Gasteiger partial charge in [-0.15, -0.1) is 23.1 Å². The number of carbonyl (C=O) groups excluding carboxylic acids is 1. The number of amides is 1. The predicted octanol–water partition coefficient (Wildman–Crippen LogP) is 6.13. The molecule has 116 valence electrons. The SMILES string of the molecule is CSc1ccc(-c2cc(Br)sc2-c2ccc(NC=O)cc2)cc1. The molecule has 0 radical (unpaired) electrons. The summed E-state index contributed by atoms with van der Waals surface area (Å²) in [7, 11) is 0. The quantitative estimate of drug-likeness (QED) is 0.409. The maximum absolute atomic E-state index is 10.5. The summed E-state index contributed by atoms with van der Waals surface area (Å²) in [6.07, 6.45) is 2.77. The van der Waals surface area contributed by atoms with Crippen molar-refractivity contribution < 1.29 is 4.79 Å². The first kappa shape index (κ1) is 16.3. The zero-order chi connectivity index (χ0) is 16.2. The highest BCUT2D eigenvalue weighted by molar-refractivity contribution is 9.11. The summed E-state index contributed by atoms with van der Waals surface area (Å²) in [5, 5.41) is 2.66. The van der Waals surface area contributed by atoms with Gasteiger partial charge in [-0.25, -0.2) is 0 Å². The molecule has 0 fully saturated rings. The largest absolute Gasteiger partial charge is 0.329 e. The molecule has 3 aromatic rings. The number of carbonyl (C=O) groups is 1. The van der Waals surface area contributed by atoms with E-state index in [1.165, 1.54) is 20.9 Å². The van der Waals surface area contributed by atoms with Gasteiger partial charge in [0.25, 0.3) is 0 Å². The second kappa shape index (κ2) is 7.34. The van der Waals surface area contributed by atoms with Crippen molar-refractivity contribution >= 4 is 51.1 Å². The maximum atomic E-state index is 10.5. The average Bonchev–Trinajstić information content (AvgIpc) is 2.98. The van der Waals surface area contributed by atoms with E-state index in [1.54, 1.807) is 23.1 Å². The number of nitrogens with one attached hydrogen (secondary N) is 1. The number of hydrogen-bond donors (Lipinski definition) is 1. The number of halogens is 1. The third-order valence-electron chi connectivity index (χ3n) is 3.48. The van der Waals surface area contributed by atoms with Crippen LogP contribution in [0.5, 0.6) is 0 Å². The highest BCUT2D eigenvalue weighted by Crippen LogP contribution is 2.42. The third kappa shape index (κ3) is 3.68. The summed E-state index contributed by atoms with van der Waals surface area (Å²) in [5.41, 5.74) is 4.35. The monoisotopic (exact) mass is 403 g/mol. The predicted molar refractivity (Wildman–Crippen MR) is 104 cm³/mol. The Hall–Kier alpha value is -1.56. The number of thiophene rings is 1.